The molecule has 9 heteroatoms. The van der Waals surface area contributed by atoms with Crippen molar-refractivity contribution in [3.8, 4) is 0 Å². The summed E-state index contributed by atoms with van der Waals surface area (Å²) in [6.45, 7) is 4.91. The minimum atomic E-state index is -3.29. The molecule has 0 spiro atoms. The Labute approximate surface area is 160 Å². The van der Waals surface area contributed by atoms with Crippen molar-refractivity contribution in [2.24, 2.45) is 0 Å². The summed E-state index contributed by atoms with van der Waals surface area (Å²) in [5.74, 6) is -1.31. The summed E-state index contributed by atoms with van der Waals surface area (Å²) >= 11 is 0. The van der Waals surface area contributed by atoms with E-state index in [9.17, 15) is 18.0 Å². The average Bonchev–Trinajstić information content (AvgIpc) is 3.24. The fraction of sp³-hybridized carbons (Fsp3) is 0.556. The summed E-state index contributed by atoms with van der Waals surface area (Å²) in [5.41, 5.74) is 0.890. The third-order valence-corrected chi connectivity index (χ3v) is 6.97. The van der Waals surface area contributed by atoms with Crippen molar-refractivity contribution in [1.29, 1.82) is 0 Å². The summed E-state index contributed by atoms with van der Waals surface area (Å²) in [4.78, 5) is 26.5. The van der Waals surface area contributed by atoms with Crippen LogP contribution in [0.5, 0.6) is 0 Å². The average molecular weight is 394 g/mol. The molecule has 0 unspecified atom stereocenters. The maximum Gasteiger partial charge on any atom is 0.313 e. The molecule has 2 heterocycles. The van der Waals surface area contributed by atoms with E-state index >= 15 is 0 Å². The third kappa shape index (κ3) is 4.59. The Bertz CT molecular complexity index is 811. The monoisotopic (exact) mass is 394 g/mol. The van der Waals surface area contributed by atoms with Gasteiger partial charge in [0.15, 0.2) is 0 Å². The number of likely N-dealkylation sites (N-methyl/N-ethyl adjacent to an activating group) is 1. The van der Waals surface area contributed by atoms with Crippen LogP contribution in [-0.4, -0.2) is 63.1 Å². The van der Waals surface area contributed by atoms with Crippen molar-refractivity contribution in [3.05, 3.63) is 24.3 Å². The van der Waals surface area contributed by atoms with Gasteiger partial charge >= 0.3 is 11.8 Å². The maximum atomic E-state index is 12.2. The number of carbonyl (C=O) groups excluding carboxylic acids is 2. The Morgan fingerprint density at radius 2 is 2.00 bits per heavy atom. The Morgan fingerprint density at radius 1 is 1.19 bits per heavy atom. The normalized spacial score (nSPS) is 22.0. The molecule has 1 aromatic carbocycles. The summed E-state index contributed by atoms with van der Waals surface area (Å²) in [7, 11) is -3.29. The second-order valence-electron chi connectivity index (χ2n) is 6.88. The number of carbonyl (C=O) groups is 2. The molecule has 2 aliphatic rings. The van der Waals surface area contributed by atoms with Crippen molar-refractivity contribution in [1.82, 2.24) is 10.2 Å². The lowest BCUT2D eigenvalue weighted by Crippen LogP contribution is -2.43. The first-order valence-corrected chi connectivity index (χ1v) is 11.0. The molecular weight excluding hydrogens is 368 g/mol. The van der Waals surface area contributed by atoms with Gasteiger partial charge in [-0.25, -0.2) is 8.42 Å². The number of sulfonamides is 1. The van der Waals surface area contributed by atoms with Crippen LogP contribution in [0.2, 0.25) is 0 Å². The number of hydrogen-bond acceptors (Lipinski definition) is 5. The highest BCUT2D eigenvalue weighted by Crippen LogP contribution is 2.26. The van der Waals surface area contributed by atoms with Gasteiger partial charge in [0, 0.05) is 24.8 Å². The van der Waals surface area contributed by atoms with Gasteiger partial charge in [0.25, 0.3) is 0 Å². The molecule has 2 amide bonds. The molecule has 2 fully saturated rings. The number of nitrogens with zero attached hydrogens (tertiary/aromatic N) is 2. The van der Waals surface area contributed by atoms with E-state index in [1.807, 2.05) is 0 Å². The summed E-state index contributed by atoms with van der Waals surface area (Å²) in [5, 5.41) is 5.24. The van der Waals surface area contributed by atoms with Gasteiger partial charge in [0.1, 0.15) is 0 Å². The Balaban J connectivity index is 1.57. The van der Waals surface area contributed by atoms with Crippen molar-refractivity contribution in [2.75, 3.05) is 41.6 Å². The highest BCUT2D eigenvalue weighted by molar-refractivity contribution is 7.93. The number of hydrogen-bond donors (Lipinski definition) is 2. The van der Waals surface area contributed by atoms with Crippen LogP contribution in [0.15, 0.2) is 24.3 Å². The Morgan fingerprint density at radius 3 is 2.70 bits per heavy atom. The SMILES string of the molecule is CCN1CCC[C@H]1CNC(=O)C(=O)Nc1cccc(N2CCCS2(=O)=O)c1. The summed E-state index contributed by atoms with van der Waals surface area (Å²) in [6, 6.07) is 6.82. The van der Waals surface area contributed by atoms with Gasteiger partial charge in [-0.05, 0) is 50.6 Å². The van der Waals surface area contributed by atoms with Gasteiger partial charge < -0.3 is 10.6 Å². The van der Waals surface area contributed by atoms with Crippen molar-refractivity contribution in [2.45, 2.75) is 32.2 Å². The van der Waals surface area contributed by atoms with E-state index in [4.69, 9.17) is 0 Å². The lowest BCUT2D eigenvalue weighted by molar-refractivity contribution is -0.136. The zero-order valence-electron chi connectivity index (χ0n) is 15.5. The molecular formula is C18H26N4O4S. The lowest BCUT2D eigenvalue weighted by atomic mass is 10.2. The second-order valence-corrected chi connectivity index (χ2v) is 8.89. The fourth-order valence-corrected chi connectivity index (χ4v) is 5.25. The Kier molecular flexibility index (Phi) is 6.01. The predicted molar refractivity (Wildman–Crippen MR) is 104 cm³/mol. The third-order valence-electron chi connectivity index (χ3n) is 5.10. The molecule has 2 saturated heterocycles. The van der Waals surface area contributed by atoms with Gasteiger partial charge in [0.2, 0.25) is 10.0 Å². The smallest absolute Gasteiger partial charge is 0.313 e. The van der Waals surface area contributed by atoms with E-state index in [0.29, 0.717) is 30.9 Å². The molecule has 3 rings (SSSR count). The topological polar surface area (TPSA) is 98.8 Å². The summed E-state index contributed by atoms with van der Waals surface area (Å²) < 4.78 is 25.4. The molecule has 1 atom stereocenters. The molecule has 27 heavy (non-hydrogen) atoms. The largest absolute Gasteiger partial charge is 0.346 e. The molecule has 0 saturated carbocycles. The van der Waals surface area contributed by atoms with Crippen LogP contribution in [0, 0.1) is 0 Å². The standard InChI is InChI=1S/C18H26N4O4S/c1-2-21-9-4-8-16(21)13-19-17(23)18(24)20-14-6-3-7-15(12-14)22-10-5-11-27(22,25)26/h3,6-7,12,16H,2,4-5,8-11,13H2,1H3,(H,19,23)(H,20,24)/t16-/m0/s1. The highest BCUT2D eigenvalue weighted by atomic mass is 32.2. The van der Waals surface area contributed by atoms with Crippen LogP contribution in [0.3, 0.4) is 0 Å². The number of amides is 2. The molecule has 148 valence electrons. The summed E-state index contributed by atoms with van der Waals surface area (Å²) in [6.07, 6.45) is 2.70. The zero-order chi connectivity index (χ0) is 19.4. The highest BCUT2D eigenvalue weighted by Gasteiger charge is 2.29. The first-order valence-electron chi connectivity index (χ1n) is 9.34. The maximum absolute atomic E-state index is 12.2. The second kappa shape index (κ2) is 8.26. The van der Waals surface area contributed by atoms with Gasteiger partial charge in [-0.15, -0.1) is 0 Å². The van der Waals surface area contributed by atoms with Gasteiger partial charge in [-0.3, -0.25) is 18.8 Å². The van der Waals surface area contributed by atoms with Gasteiger partial charge in [-0.1, -0.05) is 13.0 Å². The number of likely N-dealkylation sites (tertiary alicyclic amines) is 1. The van der Waals surface area contributed by atoms with E-state index < -0.39 is 21.8 Å². The molecule has 0 aliphatic carbocycles. The lowest BCUT2D eigenvalue weighted by Gasteiger charge is -2.22. The molecule has 2 N–H and O–H groups in total. The van der Waals surface area contributed by atoms with Crippen molar-refractivity contribution < 1.29 is 18.0 Å². The van der Waals surface area contributed by atoms with Gasteiger partial charge in [-0.2, -0.15) is 0 Å². The van der Waals surface area contributed by atoms with Crippen LogP contribution in [0.4, 0.5) is 11.4 Å². The quantitative estimate of drug-likeness (QED) is 0.719. The minimum Gasteiger partial charge on any atom is -0.346 e. The molecule has 0 bridgehead atoms. The Hall–Kier alpha value is -2.13. The number of benzene rings is 1. The van der Waals surface area contributed by atoms with Gasteiger partial charge in [0.05, 0.1) is 11.4 Å². The molecule has 2 aliphatic heterocycles. The van der Waals surface area contributed by atoms with Crippen LogP contribution >= 0.6 is 0 Å². The van der Waals surface area contributed by atoms with E-state index in [1.54, 1.807) is 24.3 Å². The van der Waals surface area contributed by atoms with E-state index in [0.717, 1.165) is 25.9 Å². The number of anilines is 2. The van der Waals surface area contributed by atoms with E-state index in [1.165, 1.54) is 4.31 Å². The van der Waals surface area contributed by atoms with Crippen LogP contribution in [0.1, 0.15) is 26.2 Å². The predicted octanol–water partition coefficient (Wildman–Crippen LogP) is 0.766. The van der Waals surface area contributed by atoms with Crippen molar-refractivity contribution in [3.63, 3.8) is 0 Å². The minimum absolute atomic E-state index is 0.127. The first-order chi connectivity index (χ1) is 12.9. The molecule has 0 radical (unpaired) electrons. The van der Waals surface area contributed by atoms with E-state index in [2.05, 4.69) is 22.5 Å². The van der Waals surface area contributed by atoms with Crippen molar-refractivity contribution >= 4 is 33.2 Å². The molecule has 8 nitrogen and oxygen atoms in total. The van der Waals surface area contributed by atoms with Crippen LogP contribution < -0.4 is 14.9 Å². The first kappa shape index (κ1) is 19.6. The van der Waals surface area contributed by atoms with Crippen LogP contribution in [0.25, 0.3) is 0 Å². The molecule has 0 aromatic heterocycles. The van der Waals surface area contributed by atoms with E-state index in [-0.39, 0.29) is 11.8 Å². The molecule has 1 aromatic rings. The number of nitrogens with one attached hydrogen (secondary N) is 2. The number of rotatable bonds is 5. The fourth-order valence-electron chi connectivity index (χ4n) is 3.69. The zero-order valence-corrected chi connectivity index (χ0v) is 16.3. The van der Waals surface area contributed by atoms with Crippen LogP contribution in [-0.2, 0) is 19.6 Å².